The molecule has 1 aromatic heterocycles. The van der Waals surface area contributed by atoms with Crippen molar-refractivity contribution in [3.05, 3.63) is 22.6 Å². The van der Waals surface area contributed by atoms with Gasteiger partial charge in [-0.3, -0.25) is 0 Å². The smallest absolute Gasteiger partial charge is 0.358 e. The first-order valence-corrected chi connectivity index (χ1v) is 3.53. The minimum atomic E-state index is -0.528. The Labute approximate surface area is 69.2 Å². The summed E-state index contributed by atoms with van der Waals surface area (Å²) >= 11 is 0. The molecular formula is C6H10N4O2. The van der Waals surface area contributed by atoms with Gasteiger partial charge in [0.05, 0.1) is 0 Å². The molecule has 0 bridgehead atoms. The van der Waals surface area contributed by atoms with E-state index in [9.17, 15) is 10.1 Å². The standard InChI is InChI=1S/C6H10N4O2/c1-5(2-7)9-3-6(8-4-9)10(11)12/h3-5H,2,7H2,1H3. The Morgan fingerprint density at radius 1 is 1.92 bits per heavy atom. The van der Waals surface area contributed by atoms with Crippen LogP contribution in [-0.4, -0.2) is 21.0 Å². The highest BCUT2D eigenvalue weighted by Crippen LogP contribution is 2.10. The zero-order valence-corrected chi connectivity index (χ0v) is 6.67. The van der Waals surface area contributed by atoms with Crippen LogP contribution < -0.4 is 5.73 Å². The second-order valence-corrected chi connectivity index (χ2v) is 2.52. The molecule has 0 aliphatic carbocycles. The van der Waals surface area contributed by atoms with Crippen LogP contribution in [0.15, 0.2) is 12.5 Å². The molecule has 0 saturated heterocycles. The maximum absolute atomic E-state index is 10.2. The van der Waals surface area contributed by atoms with Gasteiger partial charge in [-0.2, -0.15) is 0 Å². The van der Waals surface area contributed by atoms with Crippen molar-refractivity contribution in [3.63, 3.8) is 0 Å². The highest BCUT2D eigenvalue weighted by molar-refractivity contribution is 5.12. The van der Waals surface area contributed by atoms with Gasteiger partial charge in [-0.1, -0.05) is 0 Å². The van der Waals surface area contributed by atoms with E-state index >= 15 is 0 Å². The van der Waals surface area contributed by atoms with Crippen molar-refractivity contribution in [3.8, 4) is 0 Å². The van der Waals surface area contributed by atoms with Gasteiger partial charge in [-0.15, -0.1) is 0 Å². The molecule has 0 aliphatic heterocycles. The molecule has 0 saturated carbocycles. The monoisotopic (exact) mass is 170 g/mol. The summed E-state index contributed by atoms with van der Waals surface area (Å²) in [6.07, 6.45) is 2.78. The summed E-state index contributed by atoms with van der Waals surface area (Å²) in [4.78, 5) is 13.3. The van der Waals surface area contributed by atoms with Gasteiger partial charge < -0.3 is 20.4 Å². The molecule has 1 rings (SSSR count). The van der Waals surface area contributed by atoms with E-state index in [0.717, 1.165) is 0 Å². The fourth-order valence-electron chi connectivity index (χ4n) is 0.783. The molecule has 0 spiro atoms. The second kappa shape index (κ2) is 3.31. The van der Waals surface area contributed by atoms with Gasteiger partial charge in [0, 0.05) is 12.6 Å². The summed E-state index contributed by atoms with van der Waals surface area (Å²) in [5.41, 5.74) is 5.37. The predicted octanol–water partition coefficient (Wildman–Crippen LogP) is 0.311. The zero-order valence-electron chi connectivity index (χ0n) is 6.67. The highest BCUT2D eigenvalue weighted by atomic mass is 16.6. The number of hydrogen-bond donors (Lipinski definition) is 1. The van der Waals surface area contributed by atoms with Gasteiger partial charge in [0.15, 0.2) is 0 Å². The molecule has 12 heavy (non-hydrogen) atoms. The number of nitro groups is 1. The summed E-state index contributed by atoms with van der Waals surface area (Å²) in [6, 6.07) is 0.0474. The van der Waals surface area contributed by atoms with E-state index in [4.69, 9.17) is 5.73 Å². The van der Waals surface area contributed by atoms with E-state index in [1.807, 2.05) is 6.92 Å². The largest absolute Gasteiger partial charge is 0.381 e. The van der Waals surface area contributed by atoms with Gasteiger partial charge in [0.1, 0.15) is 6.20 Å². The summed E-state index contributed by atoms with van der Waals surface area (Å²) in [5, 5.41) is 10.2. The first-order valence-electron chi connectivity index (χ1n) is 3.53. The summed E-state index contributed by atoms with van der Waals surface area (Å²) in [6.45, 7) is 2.30. The minimum Gasteiger partial charge on any atom is -0.358 e. The number of nitrogens with two attached hydrogens (primary N) is 1. The third-order valence-corrected chi connectivity index (χ3v) is 1.63. The highest BCUT2D eigenvalue weighted by Gasteiger charge is 2.12. The van der Waals surface area contributed by atoms with Gasteiger partial charge in [-0.05, 0) is 16.8 Å². The van der Waals surface area contributed by atoms with Crippen molar-refractivity contribution in [2.45, 2.75) is 13.0 Å². The number of aromatic nitrogens is 2. The Balaban J connectivity index is 2.84. The zero-order chi connectivity index (χ0) is 9.14. The summed E-state index contributed by atoms with van der Waals surface area (Å²) < 4.78 is 1.62. The van der Waals surface area contributed by atoms with Crippen molar-refractivity contribution in [2.75, 3.05) is 6.54 Å². The Hall–Kier alpha value is -1.43. The normalized spacial score (nSPS) is 12.8. The average Bonchev–Trinajstić information content (AvgIpc) is 2.51. The number of hydrogen-bond acceptors (Lipinski definition) is 4. The lowest BCUT2D eigenvalue weighted by Gasteiger charge is -2.06. The maximum atomic E-state index is 10.2. The lowest BCUT2D eigenvalue weighted by Crippen LogP contribution is -2.14. The molecule has 0 fully saturated rings. The van der Waals surface area contributed by atoms with Crippen LogP contribution in [0.25, 0.3) is 0 Å². The van der Waals surface area contributed by atoms with Gasteiger partial charge >= 0.3 is 5.82 Å². The van der Waals surface area contributed by atoms with Crippen LogP contribution in [0, 0.1) is 10.1 Å². The quantitative estimate of drug-likeness (QED) is 0.522. The van der Waals surface area contributed by atoms with Crippen molar-refractivity contribution in [1.82, 2.24) is 9.55 Å². The Morgan fingerprint density at radius 2 is 2.58 bits per heavy atom. The summed E-state index contributed by atoms with van der Waals surface area (Å²) in [5.74, 6) is -0.143. The molecular weight excluding hydrogens is 160 g/mol. The van der Waals surface area contributed by atoms with Crippen LogP contribution in [-0.2, 0) is 0 Å². The number of nitrogens with zero attached hydrogens (tertiary/aromatic N) is 3. The molecule has 1 heterocycles. The lowest BCUT2D eigenvalue weighted by molar-refractivity contribution is -0.389. The van der Waals surface area contributed by atoms with E-state index in [0.29, 0.717) is 6.54 Å². The molecule has 0 aliphatic rings. The van der Waals surface area contributed by atoms with Crippen LogP contribution in [0.5, 0.6) is 0 Å². The molecule has 0 amide bonds. The third-order valence-electron chi connectivity index (χ3n) is 1.63. The van der Waals surface area contributed by atoms with Crippen molar-refractivity contribution in [1.29, 1.82) is 0 Å². The first-order chi connectivity index (χ1) is 5.65. The van der Waals surface area contributed by atoms with Gasteiger partial charge in [0.25, 0.3) is 0 Å². The Kier molecular flexibility index (Phi) is 2.39. The lowest BCUT2D eigenvalue weighted by atomic mass is 10.3. The first kappa shape index (κ1) is 8.66. The molecule has 0 radical (unpaired) electrons. The SMILES string of the molecule is CC(CN)n1cnc([N+](=O)[O-])c1. The molecule has 1 aromatic rings. The van der Waals surface area contributed by atoms with Crippen LogP contribution in [0.2, 0.25) is 0 Å². The van der Waals surface area contributed by atoms with Gasteiger partial charge in [-0.25, -0.2) is 0 Å². The topological polar surface area (TPSA) is 87.0 Å². The Bertz CT molecular complexity index is 283. The molecule has 6 heteroatoms. The van der Waals surface area contributed by atoms with Crippen molar-refractivity contribution >= 4 is 5.82 Å². The van der Waals surface area contributed by atoms with E-state index < -0.39 is 4.92 Å². The molecule has 1 unspecified atom stereocenters. The average molecular weight is 170 g/mol. The van der Waals surface area contributed by atoms with E-state index in [1.54, 1.807) is 4.57 Å². The van der Waals surface area contributed by atoms with Crippen LogP contribution in [0.1, 0.15) is 13.0 Å². The van der Waals surface area contributed by atoms with Crippen molar-refractivity contribution in [2.24, 2.45) is 5.73 Å². The third kappa shape index (κ3) is 1.59. The van der Waals surface area contributed by atoms with E-state index in [1.165, 1.54) is 12.5 Å². The van der Waals surface area contributed by atoms with Gasteiger partial charge in [0.2, 0.25) is 6.33 Å². The Morgan fingerprint density at radius 3 is 3.00 bits per heavy atom. The summed E-state index contributed by atoms with van der Waals surface area (Å²) in [7, 11) is 0. The predicted molar refractivity (Wildman–Crippen MR) is 42.6 cm³/mol. The molecule has 2 N–H and O–H groups in total. The van der Waals surface area contributed by atoms with Crippen LogP contribution in [0.4, 0.5) is 5.82 Å². The molecule has 0 aromatic carbocycles. The molecule has 1 atom stereocenters. The fourth-order valence-corrected chi connectivity index (χ4v) is 0.783. The molecule has 6 nitrogen and oxygen atoms in total. The second-order valence-electron chi connectivity index (χ2n) is 2.52. The van der Waals surface area contributed by atoms with Crippen LogP contribution in [0.3, 0.4) is 0 Å². The number of rotatable bonds is 3. The van der Waals surface area contributed by atoms with E-state index in [-0.39, 0.29) is 11.9 Å². The van der Waals surface area contributed by atoms with Crippen LogP contribution >= 0.6 is 0 Å². The molecule has 66 valence electrons. The van der Waals surface area contributed by atoms with E-state index in [2.05, 4.69) is 4.98 Å². The number of imidazole rings is 1. The minimum absolute atomic E-state index is 0.0474. The fraction of sp³-hybridized carbons (Fsp3) is 0.500. The maximum Gasteiger partial charge on any atom is 0.381 e. The van der Waals surface area contributed by atoms with Crippen molar-refractivity contribution < 1.29 is 4.92 Å².